The van der Waals surface area contributed by atoms with Crippen LogP contribution in [0.5, 0.6) is 0 Å². The highest BCUT2D eigenvalue weighted by atomic mass is 35.5. The highest BCUT2D eigenvalue weighted by Crippen LogP contribution is 2.29. The van der Waals surface area contributed by atoms with Crippen LogP contribution in [-0.4, -0.2) is 19.1 Å². The molecule has 1 aromatic carbocycles. The maximum atomic E-state index is 6.23. The van der Waals surface area contributed by atoms with Crippen LogP contribution in [0.4, 0.5) is 0 Å². The van der Waals surface area contributed by atoms with Gasteiger partial charge in [0.15, 0.2) is 0 Å². The fourth-order valence-corrected chi connectivity index (χ4v) is 2.78. The summed E-state index contributed by atoms with van der Waals surface area (Å²) in [6.07, 6.45) is 3.77. The summed E-state index contributed by atoms with van der Waals surface area (Å²) in [5.74, 6) is 0.342. The SMILES string of the molecule is NCC(c1ccccc1Cl)C1CCCCN1. The lowest BCUT2D eigenvalue weighted by atomic mass is 9.86. The molecule has 2 unspecified atom stereocenters. The number of halogens is 1. The molecule has 0 spiro atoms. The van der Waals surface area contributed by atoms with Crippen LogP contribution in [0, 0.1) is 0 Å². The van der Waals surface area contributed by atoms with Crippen LogP contribution < -0.4 is 11.1 Å². The van der Waals surface area contributed by atoms with Crippen LogP contribution in [-0.2, 0) is 0 Å². The molecule has 88 valence electrons. The molecular weight excluding hydrogens is 220 g/mol. The molecule has 1 fully saturated rings. The number of rotatable bonds is 3. The Morgan fingerprint density at radius 1 is 1.38 bits per heavy atom. The molecule has 1 aromatic rings. The molecule has 1 aliphatic heterocycles. The molecule has 16 heavy (non-hydrogen) atoms. The van der Waals surface area contributed by atoms with Crippen LogP contribution in [0.25, 0.3) is 0 Å². The van der Waals surface area contributed by atoms with Crippen molar-refractivity contribution in [3.63, 3.8) is 0 Å². The normalized spacial score (nSPS) is 23.0. The van der Waals surface area contributed by atoms with Crippen molar-refractivity contribution in [3.05, 3.63) is 34.9 Å². The highest BCUT2D eigenvalue weighted by Gasteiger charge is 2.24. The van der Waals surface area contributed by atoms with Gasteiger partial charge in [-0.25, -0.2) is 0 Å². The number of hydrogen-bond donors (Lipinski definition) is 2. The Kier molecular flexibility index (Phi) is 4.22. The Morgan fingerprint density at radius 2 is 2.19 bits per heavy atom. The van der Waals surface area contributed by atoms with Gasteiger partial charge in [0.1, 0.15) is 0 Å². The molecule has 0 aliphatic carbocycles. The van der Waals surface area contributed by atoms with E-state index in [1.807, 2.05) is 18.2 Å². The number of piperidine rings is 1. The molecule has 0 bridgehead atoms. The van der Waals surface area contributed by atoms with Crippen LogP contribution in [0.15, 0.2) is 24.3 Å². The van der Waals surface area contributed by atoms with Crippen LogP contribution in [0.1, 0.15) is 30.7 Å². The molecule has 0 saturated carbocycles. The average Bonchev–Trinajstić information content (AvgIpc) is 2.34. The minimum absolute atomic E-state index is 0.342. The summed E-state index contributed by atoms with van der Waals surface area (Å²) >= 11 is 6.23. The molecule has 1 aliphatic rings. The second kappa shape index (κ2) is 5.67. The van der Waals surface area contributed by atoms with Crippen molar-refractivity contribution in [1.82, 2.24) is 5.32 Å². The minimum atomic E-state index is 0.342. The average molecular weight is 239 g/mol. The largest absolute Gasteiger partial charge is 0.330 e. The summed E-state index contributed by atoms with van der Waals surface area (Å²) in [4.78, 5) is 0. The van der Waals surface area contributed by atoms with E-state index in [0.717, 1.165) is 11.6 Å². The van der Waals surface area contributed by atoms with Crippen molar-refractivity contribution >= 4 is 11.6 Å². The van der Waals surface area contributed by atoms with Gasteiger partial charge in [0.2, 0.25) is 0 Å². The molecule has 0 aromatic heterocycles. The Labute approximate surface area is 102 Å². The summed E-state index contributed by atoms with van der Waals surface area (Å²) in [7, 11) is 0. The fourth-order valence-electron chi connectivity index (χ4n) is 2.51. The van der Waals surface area contributed by atoms with E-state index in [0.29, 0.717) is 18.5 Å². The third-order valence-corrected chi connectivity index (χ3v) is 3.74. The third kappa shape index (κ3) is 2.57. The van der Waals surface area contributed by atoms with Crippen LogP contribution >= 0.6 is 11.6 Å². The van der Waals surface area contributed by atoms with Gasteiger partial charge < -0.3 is 11.1 Å². The molecule has 3 N–H and O–H groups in total. The molecule has 1 heterocycles. The summed E-state index contributed by atoms with van der Waals surface area (Å²) in [6.45, 7) is 1.76. The predicted molar refractivity (Wildman–Crippen MR) is 68.9 cm³/mol. The van der Waals surface area contributed by atoms with Crippen LogP contribution in [0.3, 0.4) is 0 Å². The Balaban J connectivity index is 2.18. The zero-order chi connectivity index (χ0) is 11.4. The standard InChI is InChI=1S/C13H19ClN2/c14-12-6-2-1-5-10(12)11(9-15)13-7-3-4-8-16-13/h1-2,5-6,11,13,16H,3-4,7-9,15H2. The Bertz CT molecular complexity index is 334. The first kappa shape index (κ1) is 11.9. The van der Waals surface area contributed by atoms with Gasteiger partial charge in [-0.05, 0) is 31.0 Å². The maximum absolute atomic E-state index is 6.23. The monoisotopic (exact) mass is 238 g/mol. The molecule has 2 nitrogen and oxygen atoms in total. The summed E-state index contributed by atoms with van der Waals surface area (Å²) < 4.78 is 0. The molecule has 2 atom stereocenters. The number of hydrogen-bond acceptors (Lipinski definition) is 2. The third-order valence-electron chi connectivity index (χ3n) is 3.39. The van der Waals surface area contributed by atoms with Gasteiger partial charge in [-0.2, -0.15) is 0 Å². The molecule has 0 amide bonds. The number of benzene rings is 1. The van der Waals surface area contributed by atoms with Gasteiger partial charge in [0.25, 0.3) is 0 Å². The van der Waals surface area contributed by atoms with E-state index >= 15 is 0 Å². The van der Waals surface area contributed by atoms with Gasteiger partial charge in [-0.1, -0.05) is 36.2 Å². The van der Waals surface area contributed by atoms with E-state index in [1.165, 1.54) is 24.8 Å². The van der Waals surface area contributed by atoms with Gasteiger partial charge >= 0.3 is 0 Å². The highest BCUT2D eigenvalue weighted by molar-refractivity contribution is 6.31. The maximum Gasteiger partial charge on any atom is 0.0441 e. The van der Waals surface area contributed by atoms with Crippen molar-refractivity contribution in [2.75, 3.05) is 13.1 Å². The first-order valence-electron chi connectivity index (χ1n) is 6.01. The lowest BCUT2D eigenvalue weighted by Gasteiger charge is -2.31. The molecule has 2 rings (SSSR count). The first-order chi connectivity index (χ1) is 7.83. The molecular formula is C13H19ClN2. The summed E-state index contributed by atoms with van der Waals surface area (Å²) in [6, 6.07) is 8.53. The second-order valence-corrected chi connectivity index (χ2v) is 4.83. The van der Waals surface area contributed by atoms with Crippen molar-refractivity contribution in [2.45, 2.75) is 31.2 Å². The number of nitrogens with one attached hydrogen (secondary N) is 1. The van der Waals surface area contributed by atoms with Gasteiger partial charge in [0, 0.05) is 23.5 Å². The summed E-state index contributed by atoms with van der Waals surface area (Å²) in [5.41, 5.74) is 7.09. The van der Waals surface area contributed by atoms with Gasteiger partial charge in [-0.15, -0.1) is 0 Å². The number of nitrogens with two attached hydrogens (primary N) is 1. The van der Waals surface area contributed by atoms with Crippen molar-refractivity contribution in [3.8, 4) is 0 Å². The van der Waals surface area contributed by atoms with E-state index in [2.05, 4.69) is 11.4 Å². The zero-order valence-corrected chi connectivity index (χ0v) is 10.2. The second-order valence-electron chi connectivity index (χ2n) is 4.42. The van der Waals surface area contributed by atoms with E-state index in [9.17, 15) is 0 Å². The molecule has 3 heteroatoms. The van der Waals surface area contributed by atoms with Crippen molar-refractivity contribution in [2.24, 2.45) is 5.73 Å². The first-order valence-corrected chi connectivity index (χ1v) is 6.38. The van der Waals surface area contributed by atoms with E-state index < -0.39 is 0 Å². The van der Waals surface area contributed by atoms with Gasteiger partial charge in [-0.3, -0.25) is 0 Å². The zero-order valence-electron chi connectivity index (χ0n) is 9.45. The topological polar surface area (TPSA) is 38.0 Å². The summed E-state index contributed by atoms with van der Waals surface area (Å²) in [5, 5.41) is 4.40. The molecule has 0 radical (unpaired) electrons. The fraction of sp³-hybridized carbons (Fsp3) is 0.538. The van der Waals surface area contributed by atoms with Crippen molar-refractivity contribution in [1.29, 1.82) is 0 Å². The van der Waals surface area contributed by atoms with Crippen LogP contribution in [0.2, 0.25) is 5.02 Å². The lowest BCUT2D eigenvalue weighted by molar-refractivity contribution is 0.352. The Hall–Kier alpha value is -0.570. The smallest absolute Gasteiger partial charge is 0.0441 e. The lowest BCUT2D eigenvalue weighted by Crippen LogP contribution is -2.41. The molecule has 1 saturated heterocycles. The van der Waals surface area contributed by atoms with E-state index in [4.69, 9.17) is 17.3 Å². The Morgan fingerprint density at radius 3 is 2.81 bits per heavy atom. The van der Waals surface area contributed by atoms with E-state index in [1.54, 1.807) is 0 Å². The minimum Gasteiger partial charge on any atom is -0.330 e. The predicted octanol–water partition coefficient (Wildman–Crippen LogP) is 2.52. The quantitative estimate of drug-likeness (QED) is 0.849. The van der Waals surface area contributed by atoms with Crippen molar-refractivity contribution < 1.29 is 0 Å². The van der Waals surface area contributed by atoms with Gasteiger partial charge in [0.05, 0.1) is 0 Å². The van der Waals surface area contributed by atoms with E-state index in [-0.39, 0.29) is 0 Å².